The van der Waals surface area contributed by atoms with E-state index in [-0.39, 0.29) is 16.1 Å². The van der Waals surface area contributed by atoms with Gasteiger partial charge in [0.1, 0.15) is 10.0 Å². The van der Waals surface area contributed by atoms with Gasteiger partial charge in [-0.15, -0.1) is 0 Å². The number of halogens is 1. The fraction of sp³-hybridized carbons (Fsp3) is 0.312. The highest BCUT2D eigenvalue weighted by atomic mass is 35.5. The minimum atomic E-state index is -3.72. The van der Waals surface area contributed by atoms with Crippen LogP contribution in [0.25, 0.3) is 0 Å². The minimum Gasteiger partial charge on any atom is -0.373 e. The third kappa shape index (κ3) is 2.94. The third-order valence-electron chi connectivity index (χ3n) is 4.07. The molecule has 3 rings (SSSR count). The molecule has 0 saturated carbocycles. The second-order valence-corrected chi connectivity index (χ2v) is 7.92. The Bertz CT molecular complexity index is 826. The molecule has 5 nitrogen and oxygen atoms in total. The summed E-state index contributed by atoms with van der Waals surface area (Å²) < 4.78 is 27.6. The van der Waals surface area contributed by atoms with E-state index in [9.17, 15) is 8.42 Å². The van der Waals surface area contributed by atoms with Gasteiger partial charge in [0, 0.05) is 38.1 Å². The maximum atomic E-state index is 13.1. The van der Waals surface area contributed by atoms with Gasteiger partial charge in [-0.05, 0) is 30.7 Å². The third-order valence-corrected chi connectivity index (χ3v) is 6.48. The summed E-state index contributed by atoms with van der Waals surface area (Å²) in [5.74, 6) is 0. The lowest BCUT2D eigenvalue weighted by Gasteiger charge is -2.27. The number of sulfonamides is 1. The number of aromatic nitrogens is 1. The van der Waals surface area contributed by atoms with Crippen molar-refractivity contribution in [1.29, 1.82) is 0 Å². The SMILES string of the molecule is C[C@H]1CN(C)c2ccccc2CN1S(=O)(=O)c1cccnc1Cl. The lowest BCUT2D eigenvalue weighted by Crippen LogP contribution is -2.41. The number of pyridine rings is 1. The van der Waals surface area contributed by atoms with Gasteiger partial charge in [-0.1, -0.05) is 29.8 Å². The van der Waals surface area contributed by atoms with Crippen LogP contribution < -0.4 is 4.90 Å². The zero-order valence-corrected chi connectivity index (χ0v) is 14.5. The number of anilines is 1. The Hall–Kier alpha value is -1.63. The Morgan fingerprint density at radius 3 is 2.70 bits per heavy atom. The summed E-state index contributed by atoms with van der Waals surface area (Å²) in [5, 5.41) is 0.00517. The van der Waals surface area contributed by atoms with Crippen molar-refractivity contribution in [1.82, 2.24) is 9.29 Å². The number of hydrogen-bond donors (Lipinski definition) is 0. The number of nitrogens with zero attached hydrogens (tertiary/aromatic N) is 3. The maximum absolute atomic E-state index is 13.1. The zero-order valence-electron chi connectivity index (χ0n) is 13.0. The summed E-state index contributed by atoms with van der Waals surface area (Å²) in [7, 11) is -1.74. The first-order valence-electron chi connectivity index (χ1n) is 7.32. The van der Waals surface area contributed by atoms with E-state index in [0.29, 0.717) is 13.1 Å². The molecular weight excluding hydrogens is 334 g/mol. The standard InChI is InChI=1S/C16H18ClN3O2S/c1-12-10-19(2)14-7-4-3-6-13(14)11-20(12)23(21,22)15-8-5-9-18-16(15)17/h3-9,12H,10-11H2,1-2H3/t12-/m0/s1. The van der Waals surface area contributed by atoms with E-state index in [1.54, 1.807) is 6.07 Å². The highest BCUT2D eigenvalue weighted by Gasteiger charge is 2.34. The second-order valence-electron chi connectivity index (χ2n) is 5.70. The lowest BCUT2D eigenvalue weighted by molar-refractivity contribution is 0.340. The van der Waals surface area contributed by atoms with Crippen LogP contribution in [0.15, 0.2) is 47.5 Å². The summed E-state index contributed by atoms with van der Waals surface area (Å²) in [5.41, 5.74) is 2.03. The van der Waals surface area contributed by atoms with E-state index in [4.69, 9.17) is 11.6 Å². The van der Waals surface area contributed by atoms with Crippen LogP contribution in [0.1, 0.15) is 12.5 Å². The molecular formula is C16H18ClN3O2S. The van der Waals surface area contributed by atoms with Crippen LogP contribution in [-0.4, -0.2) is 37.3 Å². The summed E-state index contributed by atoms with van der Waals surface area (Å²) in [4.78, 5) is 6.03. The molecule has 1 aromatic carbocycles. The molecule has 0 unspecified atom stereocenters. The summed E-state index contributed by atoms with van der Waals surface area (Å²) in [6.45, 7) is 2.83. The van der Waals surface area contributed by atoms with E-state index in [0.717, 1.165) is 11.3 Å². The van der Waals surface area contributed by atoms with Crippen molar-refractivity contribution in [3.63, 3.8) is 0 Å². The first kappa shape index (κ1) is 16.2. The van der Waals surface area contributed by atoms with Crippen molar-refractivity contribution in [2.24, 2.45) is 0 Å². The van der Waals surface area contributed by atoms with Crippen LogP contribution in [0.3, 0.4) is 0 Å². The predicted octanol–water partition coefficient (Wildman–Crippen LogP) is 2.76. The Balaban J connectivity index is 2.07. The lowest BCUT2D eigenvalue weighted by atomic mass is 10.1. The molecule has 1 aliphatic heterocycles. The van der Waals surface area contributed by atoms with Crippen LogP contribution in [0, 0.1) is 0 Å². The second kappa shape index (κ2) is 6.11. The molecule has 0 aliphatic carbocycles. The monoisotopic (exact) mass is 351 g/mol. The van der Waals surface area contributed by atoms with Gasteiger partial charge < -0.3 is 4.90 Å². The predicted molar refractivity (Wildman–Crippen MR) is 91.1 cm³/mol. The fourth-order valence-electron chi connectivity index (χ4n) is 2.94. The Labute approximate surface area is 141 Å². The average Bonchev–Trinajstić information content (AvgIpc) is 2.65. The van der Waals surface area contributed by atoms with Gasteiger partial charge in [0.25, 0.3) is 0 Å². The largest absolute Gasteiger partial charge is 0.373 e. The van der Waals surface area contributed by atoms with Crippen molar-refractivity contribution in [2.75, 3.05) is 18.5 Å². The molecule has 1 atom stereocenters. The molecule has 2 heterocycles. The molecule has 7 heteroatoms. The molecule has 0 radical (unpaired) electrons. The van der Waals surface area contributed by atoms with Crippen molar-refractivity contribution >= 4 is 27.3 Å². The smallest absolute Gasteiger partial charge is 0.246 e. The molecule has 2 aromatic rings. The summed E-state index contributed by atoms with van der Waals surface area (Å²) in [6, 6.07) is 10.7. The Kier molecular flexibility index (Phi) is 4.31. The van der Waals surface area contributed by atoms with Crippen LogP contribution in [0.2, 0.25) is 5.15 Å². The van der Waals surface area contributed by atoms with Gasteiger partial charge in [0.2, 0.25) is 10.0 Å². The number of rotatable bonds is 2. The minimum absolute atomic E-state index is 0.00517. The van der Waals surface area contributed by atoms with E-state index in [2.05, 4.69) is 9.88 Å². The number of para-hydroxylation sites is 1. The van der Waals surface area contributed by atoms with Crippen molar-refractivity contribution < 1.29 is 8.42 Å². The topological polar surface area (TPSA) is 53.5 Å². The van der Waals surface area contributed by atoms with Gasteiger partial charge in [0.05, 0.1) is 0 Å². The normalized spacial score (nSPS) is 19.3. The Morgan fingerprint density at radius 1 is 1.22 bits per heavy atom. The van der Waals surface area contributed by atoms with Gasteiger partial charge >= 0.3 is 0 Å². The fourth-order valence-corrected chi connectivity index (χ4v) is 4.97. The molecule has 0 saturated heterocycles. The highest BCUT2D eigenvalue weighted by Crippen LogP contribution is 2.31. The van der Waals surface area contributed by atoms with Gasteiger partial charge in [-0.2, -0.15) is 4.31 Å². The first-order valence-corrected chi connectivity index (χ1v) is 9.14. The van der Waals surface area contributed by atoms with E-state index in [1.807, 2.05) is 38.2 Å². The zero-order chi connectivity index (χ0) is 16.6. The maximum Gasteiger partial charge on any atom is 0.246 e. The van der Waals surface area contributed by atoms with Gasteiger partial charge in [-0.3, -0.25) is 0 Å². The highest BCUT2D eigenvalue weighted by molar-refractivity contribution is 7.89. The van der Waals surface area contributed by atoms with Crippen molar-refractivity contribution in [2.45, 2.75) is 24.4 Å². The quantitative estimate of drug-likeness (QED) is 0.781. The van der Waals surface area contributed by atoms with E-state index in [1.165, 1.54) is 16.6 Å². The molecule has 0 N–H and O–H groups in total. The first-order chi connectivity index (χ1) is 10.9. The number of likely N-dealkylation sites (N-methyl/N-ethyl adjacent to an activating group) is 1. The number of fused-ring (bicyclic) bond motifs is 1. The van der Waals surface area contributed by atoms with E-state index < -0.39 is 10.0 Å². The molecule has 0 fully saturated rings. The number of benzene rings is 1. The van der Waals surface area contributed by atoms with E-state index >= 15 is 0 Å². The van der Waals surface area contributed by atoms with Crippen molar-refractivity contribution in [3.8, 4) is 0 Å². The number of hydrogen-bond acceptors (Lipinski definition) is 4. The summed E-state index contributed by atoms with van der Waals surface area (Å²) in [6.07, 6.45) is 1.48. The summed E-state index contributed by atoms with van der Waals surface area (Å²) >= 11 is 6.02. The molecule has 0 bridgehead atoms. The molecule has 23 heavy (non-hydrogen) atoms. The molecule has 1 aliphatic rings. The van der Waals surface area contributed by atoms with Crippen LogP contribution in [0.4, 0.5) is 5.69 Å². The molecule has 0 spiro atoms. The van der Waals surface area contributed by atoms with Crippen LogP contribution in [0.5, 0.6) is 0 Å². The average molecular weight is 352 g/mol. The molecule has 122 valence electrons. The van der Waals surface area contributed by atoms with Crippen LogP contribution in [-0.2, 0) is 16.6 Å². The molecule has 0 amide bonds. The van der Waals surface area contributed by atoms with Gasteiger partial charge in [0.15, 0.2) is 0 Å². The molecule has 1 aromatic heterocycles. The van der Waals surface area contributed by atoms with Crippen LogP contribution >= 0.6 is 11.6 Å². The van der Waals surface area contributed by atoms with Crippen molar-refractivity contribution in [3.05, 3.63) is 53.3 Å². The van der Waals surface area contributed by atoms with Gasteiger partial charge in [-0.25, -0.2) is 13.4 Å². The Morgan fingerprint density at radius 2 is 1.96 bits per heavy atom.